The van der Waals surface area contributed by atoms with E-state index in [-0.39, 0.29) is 23.3 Å². The highest BCUT2D eigenvalue weighted by Crippen LogP contribution is 2.32. The molecule has 5 heteroatoms. The van der Waals surface area contributed by atoms with E-state index in [1.54, 1.807) is 0 Å². The fourth-order valence-electron chi connectivity index (χ4n) is 3.62. The SMILES string of the molecule is CCCC1(C(=O)NC(C)CN2CCCC2=O)CCCNC1. The zero-order valence-electron chi connectivity index (χ0n) is 13.4. The number of nitrogens with zero attached hydrogens (tertiary/aromatic N) is 1. The molecule has 2 atom stereocenters. The Hall–Kier alpha value is -1.10. The summed E-state index contributed by atoms with van der Waals surface area (Å²) in [5.41, 5.74) is -0.254. The minimum atomic E-state index is -0.254. The van der Waals surface area contributed by atoms with Gasteiger partial charge in [-0.3, -0.25) is 9.59 Å². The van der Waals surface area contributed by atoms with Crippen LogP contribution < -0.4 is 10.6 Å². The number of nitrogens with one attached hydrogen (secondary N) is 2. The third-order valence-corrected chi connectivity index (χ3v) is 4.73. The summed E-state index contributed by atoms with van der Waals surface area (Å²) in [4.78, 5) is 26.3. The summed E-state index contributed by atoms with van der Waals surface area (Å²) in [5, 5.41) is 6.52. The lowest BCUT2D eigenvalue weighted by Crippen LogP contribution is -2.54. The molecule has 2 rings (SSSR count). The number of likely N-dealkylation sites (tertiary alicyclic amines) is 1. The first kappa shape index (κ1) is 16.3. The second-order valence-electron chi connectivity index (χ2n) is 6.63. The number of rotatable bonds is 6. The van der Waals surface area contributed by atoms with Gasteiger partial charge in [0.15, 0.2) is 0 Å². The van der Waals surface area contributed by atoms with E-state index in [9.17, 15) is 9.59 Å². The van der Waals surface area contributed by atoms with Crippen molar-refractivity contribution >= 4 is 11.8 Å². The van der Waals surface area contributed by atoms with Gasteiger partial charge >= 0.3 is 0 Å². The summed E-state index contributed by atoms with van der Waals surface area (Å²) in [5.74, 6) is 0.384. The Morgan fingerprint density at radius 1 is 1.48 bits per heavy atom. The molecule has 0 radical (unpaired) electrons. The average molecular weight is 295 g/mol. The van der Waals surface area contributed by atoms with Gasteiger partial charge < -0.3 is 15.5 Å². The second kappa shape index (κ2) is 7.25. The normalized spacial score (nSPS) is 27.7. The Morgan fingerprint density at radius 3 is 2.86 bits per heavy atom. The maximum Gasteiger partial charge on any atom is 0.227 e. The van der Waals surface area contributed by atoms with E-state index in [0.717, 1.165) is 51.7 Å². The van der Waals surface area contributed by atoms with E-state index in [1.807, 2.05) is 11.8 Å². The molecule has 0 aromatic rings. The zero-order chi connectivity index (χ0) is 15.3. The molecule has 2 fully saturated rings. The molecule has 2 unspecified atom stereocenters. The van der Waals surface area contributed by atoms with Crippen LogP contribution in [0.15, 0.2) is 0 Å². The van der Waals surface area contributed by atoms with Crippen molar-refractivity contribution in [3.63, 3.8) is 0 Å². The first-order valence-electron chi connectivity index (χ1n) is 8.37. The van der Waals surface area contributed by atoms with Gasteiger partial charge in [-0.2, -0.15) is 0 Å². The first-order valence-corrected chi connectivity index (χ1v) is 8.37. The van der Waals surface area contributed by atoms with Gasteiger partial charge in [-0.1, -0.05) is 13.3 Å². The van der Waals surface area contributed by atoms with Crippen LogP contribution in [-0.2, 0) is 9.59 Å². The molecule has 0 aromatic carbocycles. The van der Waals surface area contributed by atoms with Gasteiger partial charge in [-0.25, -0.2) is 0 Å². The molecule has 120 valence electrons. The molecule has 2 N–H and O–H groups in total. The quantitative estimate of drug-likeness (QED) is 0.776. The van der Waals surface area contributed by atoms with Gasteiger partial charge in [-0.05, 0) is 39.2 Å². The predicted octanol–water partition coefficient (Wildman–Crippen LogP) is 1.28. The van der Waals surface area contributed by atoms with Crippen LogP contribution in [0.5, 0.6) is 0 Å². The minimum Gasteiger partial charge on any atom is -0.351 e. The van der Waals surface area contributed by atoms with Crippen LogP contribution in [-0.4, -0.2) is 48.9 Å². The Morgan fingerprint density at radius 2 is 2.29 bits per heavy atom. The molecule has 2 aliphatic heterocycles. The summed E-state index contributed by atoms with van der Waals surface area (Å²) in [6.45, 7) is 7.40. The molecule has 2 heterocycles. The van der Waals surface area contributed by atoms with E-state index in [2.05, 4.69) is 17.6 Å². The number of hydrogen-bond donors (Lipinski definition) is 2. The molecular weight excluding hydrogens is 266 g/mol. The number of piperidine rings is 1. The Kier molecular flexibility index (Phi) is 5.62. The predicted molar refractivity (Wildman–Crippen MR) is 82.9 cm³/mol. The highest BCUT2D eigenvalue weighted by Gasteiger charge is 2.39. The van der Waals surface area contributed by atoms with Crippen LogP contribution in [0.2, 0.25) is 0 Å². The molecule has 21 heavy (non-hydrogen) atoms. The van der Waals surface area contributed by atoms with Gasteiger partial charge in [0.05, 0.1) is 5.41 Å². The van der Waals surface area contributed by atoms with Gasteiger partial charge in [0.1, 0.15) is 0 Å². The molecule has 0 spiro atoms. The lowest BCUT2D eigenvalue weighted by atomic mass is 9.76. The van der Waals surface area contributed by atoms with E-state index >= 15 is 0 Å². The molecule has 0 aromatic heterocycles. The van der Waals surface area contributed by atoms with Crippen LogP contribution in [0.4, 0.5) is 0 Å². The number of carbonyl (C=O) groups is 2. The smallest absolute Gasteiger partial charge is 0.227 e. The van der Waals surface area contributed by atoms with E-state index in [4.69, 9.17) is 0 Å². The topological polar surface area (TPSA) is 61.4 Å². The molecular formula is C16H29N3O2. The van der Waals surface area contributed by atoms with Gasteiger partial charge in [0, 0.05) is 32.1 Å². The van der Waals surface area contributed by atoms with Crippen LogP contribution >= 0.6 is 0 Å². The first-order chi connectivity index (χ1) is 10.1. The largest absolute Gasteiger partial charge is 0.351 e. The van der Waals surface area contributed by atoms with Crippen molar-refractivity contribution in [1.29, 1.82) is 0 Å². The van der Waals surface area contributed by atoms with Crippen LogP contribution in [0.1, 0.15) is 52.4 Å². The standard InChI is InChI=1S/C16H29N3O2/c1-3-7-16(8-5-9-17-12-16)15(21)18-13(2)11-19-10-4-6-14(19)20/h13,17H,3-12H2,1-2H3,(H,18,21). The lowest BCUT2D eigenvalue weighted by Gasteiger charge is -2.37. The third kappa shape index (κ3) is 3.96. The molecule has 2 amide bonds. The summed E-state index contributed by atoms with van der Waals surface area (Å²) in [6, 6.07) is 0.0233. The summed E-state index contributed by atoms with van der Waals surface area (Å²) in [7, 11) is 0. The Labute approximate surface area is 127 Å². The highest BCUT2D eigenvalue weighted by molar-refractivity contribution is 5.83. The fourth-order valence-corrected chi connectivity index (χ4v) is 3.62. The zero-order valence-corrected chi connectivity index (χ0v) is 13.4. The summed E-state index contributed by atoms with van der Waals surface area (Å²) < 4.78 is 0. The average Bonchev–Trinajstić information content (AvgIpc) is 2.85. The van der Waals surface area contributed by atoms with Crippen molar-refractivity contribution in [1.82, 2.24) is 15.5 Å². The van der Waals surface area contributed by atoms with Gasteiger partial charge in [0.2, 0.25) is 11.8 Å². The fraction of sp³-hybridized carbons (Fsp3) is 0.875. The lowest BCUT2D eigenvalue weighted by molar-refractivity contribution is -0.134. The van der Waals surface area contributed by atoms with Crippen LogP contribution in [0.25, 0.3) is 0 Å². The van der Waals surface area contributed by atoms with Gasteiger partial charge in [-0.15, -0.1) is 0 Å². The summed E-state index contributed by atoms with van der Waals surface area (Å²) in [6.07, 6.45) is 5.59. The Bertz CT molecular complexity index is 372. The molecule has 2 saturated heterocycles. The summed E-state index contributed by atoms with van der Waals surface area (Å²) >= 11 is 0. The molecule has 2 aliphatic rings. The molecule has 5 nitrogen and oxygen atoms in total. The van der Waals surface area contributed by atoms with Crippen molar-refractivity contribution in [2.45, 2.75) is 58.4 Å². The molecule has 0 aliphatic carbocycles. The Balaban J connectivity index is 1.90. The second-order valence-corrected chi connectivity index (χ2v) is 6.63. The molecule has 0 bridgehead atoms. The maximum atomic E-state index is 12.7. The van der Waals surface area contributed by atoms with E-state index in [0.29, 0.717) is 13.0 Å². The van der Waals surface area contributed by atoms with Crippen LogP contribution in [0, 0.1) is 5.41 Å². The van der Waals surface area contributed by atoms with Crippen LogP contribution in [0.3, 0.4) is 0 Å². The van der Waals surface area contributed by atoms with Crippen molar-refractivity contribution in [2.24, 2.45) is 5.41 Å². The molecule has 0 saturated carbocycles. The minimum absolute atomic E-state index is 0.0233. The number of carbonyl (C=O) groups excluding carboxylic acids is 2. The monoisotopic (exact) mass is 295 g/mol. The maximum absolute atomic E-state index is 12.7. The highest BCUT2D eigenvalue weighted by atomic mass is 16.2. The third-order valence-electron chi connectivity index (χ3n) is 4.73. The van der Waals surface area contributed by atoms with Crippen molar-refractivity contribution in [3.8, 4) is 0 Å². The van der Waals surface area contributed by atoms with E-state index in [1.165, 1.54) is 0 Å². The van der Waals surface area contributed by atoms with Crippen molar-refractivity contribution in [2.75, 3.05) is 26.2 Å². The number of hydrogen-bond acceptors (Lipinski definition) is 3. The van der Waals surface area contributed by atoms with Gasteiger partial charge in [0.25, 0.3) is 0 Å². The van der Waals surface area contributed by atoms with Crippen molar-refractivity contribution in [3.05, 3.63) is 0 Å². The van der Waals surface area contributed by atoms with E-state index < -0.39 is 0 Å². The van der Waals surface area contributed by atoms with Crippen molar-refractivity contribution < 1.29 is 9.59 Å². The number of amides is 2.